The average Bonchev–Trinajstić information content (AvgIpc) is 2.17. The van der Waals surface area contributed by atoms with Gasteiger partial charge in [0.05, 0.1) is 5.52 Å². The van der Waals surface area contributed by atoms with Gasteiger partial charge in [-0.3, -0.25) is 4.79 Å². The van der Waals surface area contributed by atoms with Gasteiger partial charge in [0.1, 0.15) is 5.69 Å². The van der Waals surface area contributed by atoms with Crippen LogP contribution in [-0.2, 0) is 0 Å². The van der Waals surface area contributed by atoms with Crippen LogP contribution in [0.25, 0.3) is 10.9 Å². The fourth-order valence-electron chi connectivity index (χ4n) is 1.37. The van der Waals surface area contributed by atoms with E-state index in [1.54, 1.807) is 6.07 Å². The van der Waals surface area contributed by atoms with Gasteiger partial charge in [0.15, 0.2) is 0 Å². The number of carbonyl (C=O) groups excluding carboxylic acids is 1. The van der Waals surface area contributed by atoms with Gasteiger partial charge in [0.2, 0.25) is 0 Å². The first-order valence-electron chi connectivity index (χ1n) is 4.20. The van der Waals surface area contributed by atoms with E-state index in [0.29, 0.717) is 0 Å². The Morgan fingerprint density at radius 2 is 2.07 bits per heavy atom. The quantitative estimate of drug-likeness (QED) is 0.732. The van der Waals surface area contributed by atoms with E-state index in [1.807, 2.05) is 24.3 Å². The second-order valence-corrected chi connectivity index (χ2v) is 3.05. The number of rotatable bonds is 1. The molecule has 0 saturated carbocycles. The monoisotopic (exact) mass is 185 g/mol. The van der Waals surface area contributed by atoms with E-state index in [-0.39, 0.29) is 5.69 Å². The molecule has 1 heterocycles. The van der Waals surface area contributed by atoms with Crippen LogP contribution in [0, 0.1) is 6.92 Å². The summed E-state index contributed by atoms with van der Waals surface area (Å²) in [6.45, 7) is 3.84. The third-order valence-electron chi connectivity index (χ3n) is 2.05. The van der Waals surface area contributed by atoms with Crippen LogP contribution in [0.3, 0.4) is 0 Å². The zero-order valence-electron chi connectivity index (χ0n) is 7.53. The molecule has 0 atom stereocenters. The van der Waals surface area contributed by atoms with Gasteiger partial charge in [0, 0.05) is 5.39 Å². The van der Waals surface area contributed by atoms with Gasteiger partial charge in [-0.1, -0.05) is 18.2 Å². The summed E-state index contributed by atoms with van der Waals surface area (Å²) in [7, 11) is 0. The van der Waals surface area contributed by atoms with E-state index in [1.165, 1.54) is 0 Å². The van der Waals surface area contributed by atoms with Crippen molar-refractivity contribution in [2.45, 2.75) is 0 Å². The Hall–Kier alpha value is -1.90. The van der Waals surface area contributed by atoms with E-state index in [0.717, 1.165) is 16.5 Å². The number of hydrogen-bond donors (Lipinski definition) is 1. The number of pyridine rings is 1. The third kappa shape index (κ3) is 1.33. The first-order valence-corrected chi connectivity index (χ1v) is 4.20. The number of primary amides is 1. The highest BCUT2D eigenvalue weighted by atomic mass is 16.1. The fraction of sp³-hybridized carbons (Fsp3) is 0. The second kappa shape index (κ2) is 3.10. The molecule has 0 unspecified atom stereocenters. The summed E-state index contributed by atoms with van der Waals surface area (Å²) in [6.07, 6.45) is 0. The molecule has 0 aliphatic heterocycles. The fourth-order valence-corrected chi connectivity index (χ4v) is 1.37. The molecular formula is C11H9N2O. The molecule has 0 aliphatic carbocycles. The van der Waals surface area contributed by atoms with Crippen molar-refractivity contribution in [1.29, 1.82) is 0 Å². The maximum absolute atomic E-state index is 10.9. The largest absolute Gasteiger partial charge is 0.364 e. The Morgan fingerprint density at radius 3 is 2.79 bits per heavy atom. The predicted molar refractivity (Wildman–Crippen MR) is 54.7 cm³/mol. The van der Waals surface area contributed by atoms with Crippen molar-refractivity contribution in [1.82, 2.24) is 4.98 Å². The number of nitrogens with two attached hydrogens (primary N) is 1. The van der Waals surface area contributed by atoms with Crippen molar-refractivity contribution in [3.05, 3.63) is 48.5 Å². The number of hydrogen-bond acceptors (Lipinski definition) is 2. The van der Waals surface area contributed by atoms with E-state index < -0.39 is 5.91 Å². The summed E-state index contributed by atoms with van der Waals surface area (Å²) >= 11 is 0. The highest BCUT2D eigenvalue weighted by Gasteiger charge is 2.05. The zero-order valence-corrected chi connectivity index (χ0v) is 7.53. The van der Waals surface area contributed by atoms with Gasteiger partial charge in [-0.25, -0.2) is 4.98 Å². The van der Waals surface area contributed by atoms with Crippen LogP contribution >= 0.6 is 0 Å². The predicted octanol–water partition coefficient (Wildman–Crippen LogP) is 1.52. The first kappa shape index (κ1) is 8.69. The standard InChI is InChI=1S/C11H9N2O/c1-7-6-10(11(12)14)13-9-5-3-2-4-8(7)9/h2-6H,1H2,(H2,12,14). The molecule has 1 radical (unpaired) electrons. The smallest absolute Gasteiger partial charge is 0.267 e. The van der Waals surface area contributed by atoms with Gasteiger partial charge < -0.3 is 5.73 Å². The lowest BCUT2D eigenvalue weighted by Crippen LogP contribution is -2.13. The molecule has 1 aromatic carbocycles. The van der Waals surface area contributed by atoms with Crippen LogP contribution in [0.15, 0.2) is 30.3 Å². The summed E-state index contributed by atoms with van der Waals surface area (Å²) in [6, 6.07) is 9.11. The number of nitrogens with zero attached hydrogens (tertiary/aromatic N) is 1. The molecule has 0 saturated heterocycles. The van der Waals surface area contributed by atoms with Crippen LogP contribution in [0.1, 0.15) is 16.1 Å². The molecule has 1 amide bonds. The molecular weight excluding hydrogens is 176 g/mol. The lowest BCUT2D eigenvalue weighted by atomic mass is 10.1. The summed E-state index contributed by atoms with van der Waals surface area (Å²) in [5, 5.41) is 0.942. The number of carbonyl (C=O) groups is 1. The highest BCUT2D eigenvalue weighted by molar-refractivity contribution is 5.95. The minimum absolute atomic E-state index is 0.258. The van der Waals surface area contributed by atoms with E-state index in [2.05, 4.69) is 11.9 Å². The number of amides is 1. The summed E-state index contributed by atoms with van der Waals surface area (Å²) < 4.78 is 0. The Kier molecular flexibility index (Phi) is 1.93. The first-order chi connectivity index (χ1) is 6.68. The molecule has 2 rings (SSSR count). The normalized spacial score (nSPS) is 10.4. The van der Waals surface area contributed by atoms with Crippen molar-refractivity contribution < 1.29 is 4.79 Å². The summed E-state index contributed by atoms with van der Waals surface area (Å²) in [4.78, 5) is 15.0. The van der Waals surface area contributed by atoms with Crippen LogP contribution in [0.4, 0.5) is 0 Å². The Bertz CT molecular complexity index is 506. The van der Waals surface area contributed by atoms with Crippen molar-refractivity contribution in [3.8, 4) is 0 Å². The summed E-state index contributed by atoms with van der Waals surface area (Å²) in [5.41, 5.74) is 6.91. The average molecular weight is 185 g/mol. The molecule has 69 valence electrons. The molecule has 0 bridgehead atoms. The Labute approximate surface area is 81.6 Å². The highest BCUT2D eigenvalue weighted by Crippen LogP contribution is 2.16. The lowest BCUT2D eigenvalue weighted by molar-refractivity contribution is 0.0996. The molecule has 0 aliphatic rings. The molecule has 3 heteroatoms. The Morgan fingerprint density at radius 1 is 1.36 bits per heavy atom. The molecule has 14 heavy (non-hydrogen) atoms. The number of fused-ring (bicyclic) bond motifs is 1. The topological polar surface area (TPSA) is 56.0 Å². The SMILES string of the molecule is [CH2]c1cc(C(N)=O)nc2ccccc12. The van der Waals surface area contributed by atoms with Crippen LogP contribution in [0.2, 0.25) is 0 Å². The van der Waals surface area contributed by atoms with Crippen molar-refractivity contribution in [2.24, 2.45) is 5.73 Å². The van der Waals surface area contributed by atoms with Gasteiger partial charge in [-0.05, 0) is 24.6 Å². The molecule has 0 spiro atoms. The molecule has 1 aromatic heterocycles. The Balaban J connectivity index is 2.78. The van der Waals surface area contributed by atoms with Gasteiger partial charge in [-0.15, -0.1) is 0 Å². The molecule has 3 nitrogen and oxygen atoms in total. The number of benzene rings is 1. The molecule has 2 aromatic rings. The van der Waals surface area contributed by atoms with E-state index in [9.17, 15) is 4.79 Å². The zero-order chi connectivity index (χ0) is 10.1. The lowest BCUT2D eigenvalue weighted by Gasteiger charge is -2.02. The van der Waals surface area contributed by atoms with Crippen LogP contribution in [0.5, 0.6) is 0 Å². The van der Waals surface area contributed by atoms with Crippen molar-refractivity contribution in [2.75, 3.05) is 0 Å². The maximum atomic E-state index is 10.9. The van der Waals surface area contributed by atoms with Crippen LogP contribution in [-0.4, -0.2) is 10.9 Å². The number of para-hydroxylation sites is 1. The maximum Gasteiger partial charge on any atom is 0.267 e. The van der Waals surface area contributed by atoms with E-state index >= 15 is 0 Å². The minimum atomic E-state index is -0.527. The number of aromatic nitrogens is 1. The third-order valence-corrected chi connectivity index (χ3v) is 2.05. The van der Waals surface area contributed by atoms with Crippen molar-refractivity contribution >= 4 is 16.8 Å². The molecule has 0 fully saturated rings. The molecule has 2 N–H and O–H groups in total. The van der Waals surface area contributed by atoms with E-state index in [4.69, 9.17) is 5.73 Å². The van der Waals surface area contributed by atoms with Gasteiger partial charge >= 0.3 is 0 Å². The van der Waals surface area contributed by atoms with Crippen molar-refractivity contribution in [3.63, 3.8) is 0 Å². The van der Waals surface area contributed by atoms with Gasteiger partial charge in [0.25, 0.3) is 5.91 Å². The van der Waals surface area contributed by atoms with Gasteiger partial charge in [-0.2, -0.15) is 0 Å². The second-order valence-electron chi connectivity index (χ2n) is 3.05. The minimum Gasteiger partial charge on any atom is -0.364 e. The summed E-state index contributed by atoms with van der Waals surface area (Å²) in [5.74, 6) is -0.527. The van der Waals surface area contributed by atoms with Crippen LogP contribution < -0.4 is 5.73 Å².